The highest BCUT2D eigenvalue weighted by Crippen LogP contribution is 2.33. The van der Waals surface area contributed by atoms with Gasteiger partial charge >= 0.3 is 0 Å². The van der Waals surface area contributed by atoms with Gasteiger partial charge in [0, 0.05) is 0 Å². The van der Waals surface area contributed by atoms with E-state index in [0.717, 1.165) is 6.42 Å². The summed E-state index contributed by atoms with van der Waals surface area (Å²) >= 11 is 0. The predicted molar refractivity (Wildman–Crippen MR) is 76.1 cm³/mol. The van der Waals surface area contributed by atoms with Crippen LogP contribution in [0, 0.1) is 27.7 Å². The van der Waals surface area contributed by atoms with Gasteiger partial charge in [-0.05, 0) is 74.3 Å². The monoisotopic (exact) mass is 250 g/mol. The Hall–Kier alpha value is -0.860. The van der Waals surface area contributed by atoms with Gasteiger partial charge in [-0.1, -0.05) is 13.0 Å². The number of aryl methyl sites for hydroxylation is 2. The average molecular weight is 250 g/mol. The third kappa shape index (κ3) is 3.12. The third-order valence-corrected chi connectivity index (χ3v) is 4.09. The van der Waals surface area contributed by atoms with Gasteiger partial charge < -0.3 is 10.2 Å². The molecule has 0 amide bonds. The maximum Gasteiger partial charge on any atom is 0.0776 e. The Morgan fingerprint density at radius 2 is 1.56 bits per heavy atom. The molecule has 0 saturated heterocycles. The molecule has 0 aliphatic heterocycles. The van der Waals surface area contributed by atoms with Crippen LogP contribution in [0.3, 0.4) is 0 Å². The summed E-state index contributed by atoms with van der Waals surface area (Å²) in [6.07, 6.45) is 1.01. The van der Waals surface area contributed by atoms with E-state index in [-0.39, 0.29) is 6.61 Å². The van der Waals surface area contributed by atoms with Crippen molar-refractivity contribution in [3.63, 3.8) is 0 Å². The molecule has 2 unspecified atom stereocenters. The van der Waals surface area contributed by atoms with Gasteiger partial charge in [-0.15, -0.1) is 0 Å². The molecule has 0 spiro atoms. The summed E-state index contributed by atoms with van der Waals surface area (Å²) in [5.41, 5.74) is 6.64. The molecule has 0 bridgehead atoms. The number of benzene rings is 1. The van der Waals surface area contributed by atoms with Crippen molar-refractivity contribution in [3.8, 4) is 0 Å². The summed E-state index contributed by atoms with van der Waals surface area (Å²) in [5.74, 6) is 0.325. The first kappa shape index (κ1) is 15.2. The average Bonchev–Trinajstić information content (AvgIpc) is 2.35. The molecule has 2 heteroatoms. The molecule has 2 N–H and O–H groups in total. The molecular formula is C16H26O2. The second kappa shape index (κ2) is 6.35. The van der Waals surface area contributed by atoms with E-state index in [1.165, 1.54) is 27.8 Å². The Kier molecular flexibility index (Phi) is 5.36. The van der Waals surface area contributed by atoms with Crippen LogP contribution >= 0.6 is 0 Å². The Labute approximate surface area is 111 Å². The van der Waals surface area contributed by atoms with Crippen LogP contribution in [0.5, 0.6) is 0 Å². The lowest BCUT2D eigenvalue weighted by Gasteiger charge is -2.24. The second-order valence-corrected chi connectivity index (χ2v) is 5.35. The van der Waals surface area contributed by atoms with E-state index < -0.39 is 6.10 Å². The maximum absolute atomic E-state index is 9.69. The quantitative estimate of drug-likeness (QED) is 0.842. The summed E-state index contributed by atoms with van der Waals surface area (Å²) in [6, 6.07) is 2.23. The van der Waals surface area contributed by atoms with Crippen LogP contribution < -0.4 is 0 Å². The van der Waals surface area contributed by atoms with E-state index in [2.05, 4.69) is 40.7 Å². The van der Waals surface area contributed by atoms with Crippen LogP contribution in [0.1, 0.15) is 53.5 Å². The highest BCUT2D eigenvalue weighted by molar-refractivity contribution is 5.46. The van der Waals surface area contributed by atoms with Gasteiger partial charge in [-0.3, -0.25) is 0 Å². The van der Waals surface area contributed by atoms with E-state index in [1.807, 2.05) is 0 Å². The first-order valence-corrected chi connectivity index (χ1v) is 6.78. The van der Waals surface area contributed by atoms with Crippen molar-refractivity contribution in [1.29, 1.82) is 0 Å². The van der Waals surface area contributed by atoms with Crippen LogP contribution in [-0.2, 0) is 0 Å². The van der Waals surface area contributed by atoms with Crippen LogP contribution in [0.15, 0.2) is 6.07 Å². The Morgan fingerprint density at radius 3 is 1.94 bits per heavy atom. The zero-order chi connectivity index (χ0) is 13.9. The SMILES string of the molecule is CCC(CC(O)CO)c1c(C)c(C)cc(C)c1C. The summed E-state index contributed by atoms with van der Waals surface area (Å²) in [4.78, 5) is 0. The van der Waals surface area contributed by atoms with Gasteiger partial charge in [0.25, 0.3) is 0 Å². The van der Waals surface area contributed by atoms with Crippen molar-refractivity contribution >= 4 is 0 Å². The fourth-order valence-electron chi connectivity index (χ4n) is 2.75. The number of hydrogen-bond acceptors (Lipinski definition) is 2. The third-order valence-electron chi connectivity index (χ3n) is 4.09. The van der Waals surface area contributed by atoms with Crippen LogP contribution in [0.4, 0.5) is 0 Å². The largest absolute Gasteiger partial charge is 0.394 e. The van der Waals surface area contributed by atoms with Crippen molar-refractivity contribution < 1.29 is 10.2 Å². The van der Waals surface area contributed by atoms with Crippen molar-refractivity contribution in [2.45, 2.75) is 59.5 Å². The summed E-state index contributed by atoms with van der Waals surface area (Å²) in [7, 11) is 0. The standard InChI is InChI=1S/C16H26O2/c1-6-14(8-15(18)9-17)16-12(4)10(2)7-11(3)13(16)5/h7,14-15,17-18H,6,8-9H2,1-5H3. The molecule has 1 aromatic rings. The van der Waals surface area contributed by atoms with Gasteiger partial charge in [0.1, 0.15) is 0 Å². The van der Waals surface area contributed by atoms with Crippen molar-refractivity contribution in [2.24, 2.45) is 0 Å². The van der Waals surface area contributed by atoms with E-state index >= 15 is 0 Å². The molecule has 1 aromatic carbocycles. The molecule has 0 aliphatic rings. The first-order valence-electron chi connectivity index (χ1n) is 6.78. The zero-order valence-electron chi connectivity index (χ0n) is 12.2. The summed E-state index contributed by atoms with van der Waals surface area (Å²) < 4.78 is 0. The van der Waals surface area contributed by atoms with Crippen molar-refractivity contribution in [2.75, 3.05) is 6.61 Å². The molecule has 2 nitrogen and oxygen atoms in total. The van der Waals surface area contributed by atoms with Crippen LogP contribution in [-0.4, -0.2) is 22.9 Å². The van der Waals surface area contributed by atoms with E-state index in [4.69, 9.17) is 5.11 Å². The fourth-order valence-corrected chi connectivity index (χ4v) is 2.75. The van der Waals surface area contributed by atoms with E-state index in [9.17, 15) is 5.11 Å². The number of rotatable bonds is 5. The molecule has 1 rings (SSSR count). The molecule has 102 valence electrons. The van der Waals surface area contributed by atoms with Gasteiger partial charge in [0.2, 0.25) is 0 Å². The summed E-state index contributed by atoms with van der Waals surface area (Å²) in [6.45, 7) is 10.6. The van der Waals surface area contributed by atoms with E-state index in [0.29, 0.717) is 12.3 Å². The molecule has 0 aliphatic carbocycles. The molecule has 0 aromatic heterocycles. The van der Waals surface area contributed by atoms with Crippen molar-refractivity contribution in [3.05, 3.63) is 33.9 Å². The number of hydrogen-bond donors (Lipinski definition) is 2. The minimum atomic E-state index is -0.616. The molecule has 0 heterocycles. The fraction of sp³-hybridized carbons (Fsp3) is 0.625. The zero-order valence-corrected chi connectivity index (χ0v) is 12.2. The second-order valence-electron chi connectivity index (χ2n) is 5.35. The molecule has 0 fully saturated rings. The predicted octanol–water partition coefficient (Wildman–Crippen LogP) is 3.16. The number of aliphatic hydroxyl groups is 2. The molecule has 18 heavy (non-hydrogen) atoms. The molecule has 0 saturated carbocycles. The minimum absolute atomic E-state index is 0.153. The van der Waals surface area contributed by atoms with Gasteiger partial charge in [0.05, 0.1) is 12.7 Å². The Morgan fingerprint density at radius 1 is 1.06 bits per heavy atom. The Balaban J connectivity index is 3.20. The first-order chi connectivity index (χ1) is 8.42. The Bertz CT molecular complexity index is 384. The summed E-state index contributed by atoms with van der Waals surface area (Å²) in [5, 5.41) is 18.7. The lowest BCUT2D eigenvalue weighted by atomic mass is 9.82. The topological polar surface area (TPSA) is 40.5 Å². The van der Waals surface area contributed by atoms with Crippen LogP contribution in [0.2, 0.25) is 0 Å². The highest BCUT2D eigenvalue weighted by atomic mass is 16.3. The van der Waals surface area contributed by atoms with Crippen molar-refractivity contribution in [1.82, 2.24) is 0 Å². The van der Waals surface area contributed by atoms with Gasteiger partial charge in [-0.25, -0.2) is 0 Å². The highest BCUT2D eigenvalue weighted by Gasteiger charge is 2.20. The number of aliphatic hydroxyl groups excluding tert-OH is 2. The molecule has 0 radical (unpaired) electrons. The van der Waals surface area contributed by atoms with E-state index in [1.54, 1.807) is 0 Å². The normalized spacial score (nSPS) is 14.6. The maximum atomic E-state index is 9.69. The minimum Gasteiger partial charge on any atom is -0.394 e. The molecular weight excluding hydrogens is 224 g/mol. The molecule has 2 atom stereocenters. The lowest BCUT2D eigenvalue weighted by Crippen LogP contribution is -2.18. The lowest BCUT2D eigenvalue weighted by molar-refractivity contribution is 0.0816. The van der Waals surface area contributed by atoms with Crippen LogP contribution in [0.25, 0.3) is 0 Å². The smallest absolute Gasteiger partial charge is 0.0776 e. The van der Waals surface area contributed by atoms with Gasteiger partial charge in [-0.2, -0.15) is 0 Å². The van der Waals surface area contributed by atoms with Gasteiger partial charge in [0.15, 0.2) is 0 Å².